The van der Waals surface area contributed by atoms with Gasteiger partial charge in [0.1, 0.15) is 0 Å². The van der Waals surface area contributed by atoms with E-state index in [2.05, 4.69) is 47.6 Å². The predicted octanol–water partition coefficient (Wildman–Crippen LogP) is 4.52. The Morgan fingerprint density at radius 3 is 2.85 bits per heavy atom. The number of aryl methyl sites for hydroxylation is 2. The number of aromatic nitrogens is 2. The van der Waals surface area contributed by atoms with Crippen LogP contribution in [0.25, 0.3) is 16.4 Å². The van der Waals surface area contributed by atoms with Crippen LogP contribution in [0.2, 0.25) is 0 Å². The first kappa shape index (κ1) is 13.4. The molecule has 0 aliphatic heterocycles. The Labute approximate surface area is 125 Å². The normalized spacial score (nSPS) is 13.9. The van der Waals surface area contributed by atoms with Crippen LogP contribution in [0.1, 0.15) is 43.0 Å². The summed E-state index contributed by atoms with van der Waals surface area (Å²) in [7, 11) is 0. The van der Waals surface area contributed by atoms with Crippen LogP contribution >= 0.6 is 12.4 Å². The SMILES string of the molecule is CC(C)c1ccc2c(c1)c1c3c(nccn32)CCC1.Cl. The third kappa shape index (κ3) is 1.75. The van der Waals surface area contributed by atoms with E-state index in [0.717, 1.165) is 6.42 Å². The quantitative estimate of drug-likeness (QED) is 0.643. The molecule has 0 saturated carbocycles. The van der Waals surface area contributed by atoms with Gasteiger partial charge in [0, 0.05) is 17.8 Å². The second kappa shape index (κ2) is 4.78. The summed E-state index contributed by atoms with van der Waals surface area (Å²) in [6.45, 7) is 4.52. The number of halogens is 1. The predicted molar refractivity (Wildman–Crippen MR) is 86.1 cm³/mol. The van der Waals surface area contributed by atoms with Crippen molar-refractivity contribution >= 4 is 28.8 Å². The molecule has 3 heteroatoms. The van der Waals surface area contributed by atoms with Gasteiger partial charge in [-0.3, -0.25) is 4.98 Å². The van der Waals surface area contributed by atoms with Gasteiger partial charge in [0.25, 0.3) is 0 Å². The Kier molecular flexibility index (Phi) is 3.21. The van der Waals surface area contributed by atoms with E-state index in [-0.39, 0.29) is 12.4 Å². The highest BCUT2D eigenvalue weighted by atomic mass is 35.5. The highest BCUT2D eigenvalue weighted by Crippen LogP contribution is 2.34. The molecule has 0 atom stereocenters. The van der Waals surface area contributed by atoms with Gasteiger partial charge in [0.2, 0.25) is 0 Å². The molecule has 1 aliphatic carbocycles. The molecule has 20 heavy (non-hydrogen) atoms. The molecule has 3 aromatic rings. The molecule has 0 unspecified atom stereocenters. The highest BCUT2D eigenvalue weighted by molar-refractivity contribution is 5.94. The van der Waals surface area contributed by atoms with Crippen LogP contribution in [-0.2, 0) is 12.8 Å². The Hall–Kier alpha value is -1.54. The monoisotopic (exact) mass is 286 g/mol. The molecule has 104 valence electrons. The standard InChI is InChI=1S/C17H18N2.ClH/c1-11(2)12-6-7-16-14(10-12)13-4-3-5-15-17(13)19(16)9-8-18-15;/h6-11H,3-5H2,1-2H3;1H. The van der Waals surface area contributed by atoms with E-state index in [1.807, 2.05) is 6.20 Å². The van der Waals surface area contributed by atoms with Crippen LogP contribution in [0.3, 0.4) is 0 Å². The molecule has 2 nitrogen and oxygen atoms in total. The fraction of sp³-hybridized carbons (Fsp3) is 0.353. The van der Waals surface area contributed by atoms with E-state index in [4.69, 9.17) is 0 Å². The summed E-state index contributed by atoms with van der Waals surface area (Å²) in [5.41, 5.74) is 6.90. The fourth-order valence-electron chi connectivity index (χ4n) is 3.35. The highest BCUT2D eigenvalue weighted by Gasteiger charge is 2.19. The van der Waals surface area contributed by atoms with Gasteiger partial charge in [-0.25, -0.2) is 0 Å². The molecule has 0 fully saturated rings. The lowest BCUT2D eigenvalue weighted by Gasteiger charge is -2.11. The summed E-state index contributed by atoms with van der Waals surface area (Å²) < 4.78 is 2.33. The molecule has 4 rings (SSSR count). The van der Waals surface area contributed by atoms with Crippen LogP contribution < -0.4 is 0 Å². The van der Waals surface area contributed by atoms with Crippen molar-refractivity contribution in [3.8, 4) is 0 Å². The Balaban J connectivity index is 0.00000121. The van der Waals surface area contributed by atoms with Crippen LogP contribution in [0.5, 0.6) is 0 Å². The first-order valence-electron chi connectivity index (χ1n) is 7.16. The molecule has 0 spiro atoms. The van der Waals surface area contributed by atoms with E-state index >= 15 is 0 Å². The lowest BCUT2D eigenvalue weighted by atomic mass is 9.95. The fourth-order valence-corrected chi connectivity index (χ4v) is 3.35. The van der Waals surface area contributed by atoms with Crippen molar-refractivity contribution < 1.29 is 0 Å². The molecule has 0 N–H and O–H groups in total. The van der Waals surface area contributed by atoms with E-state index < -0.39 is 0 Å². The van der Waals surface area contributed by atoms with Gasteiger partial charge in [-0.1, -0.05) is 19.9 Å². The number of hydrogen-bond donors (Lipinski definition) is 0. The summed E-state index contributed by atoms with van der Waals surface area (Å²) in [6, 6.07) is 6.93. The first-order valence-corrected chi connectivity index (χ1v) is 7.16. The zero-order valence-electron chi connectivity index (χ0n) is 11.9. The lowest BCUT2D eigenvalue weighted by molar-refractivity contribution is 0.780. The van der Waals surface area contributed by atoms with Gasteiger partial charge in [-0.15, -0.1) is 12.4 Å². The Bertz CT molecular complexity index is 786. The van der Waals surface area contributed by atoms with E-state index in [0.29, 0.717) is 5.92 Å². The number of nitrogens with zero attached hydrogens (tertiary/aromatic N) is 2. The van der Waals surface area contributed by atoms with Gasteiger partial charge in [-0.2, -0.15) is 0 Å². The minimum Gasteiger partial charge on any atom is -0.313 e. The van der Waals surface area contributed by atoms with Crippen LogP contribution in [0.15, 0.2) is 30.6 Å². The van der Waals surface area contributed by atoms with Crippen molar-refractivity contribution in [2.45, 2.75) is 39.0 Å². The Morgan fingerprint density at radius 1 is 1.20 bits per heavy atom. The largest absolute Gasteiger partial charge is 0.313 e. The molecule has 2 aromatic heterocycles. The maximum Gasteiger partial charge on any atom is 0.0710 e. The molecular weight excluding hydrogens is 268 g/mol. The number of fused-ring (bicyclic) bond motifs is 3. The zero-order valence-corrected chi connectivity index (χ0v) is 12.7. The van der Waals surface area contributed by atoms with Crippen molar-refractivity contribution in [1.29, 1.82) is 0 Å². The number of rotatable bonds is 1. The summed E-state index contributed by atoms with van der Waals surface area (Å²) in [5, 5.41) is 1.43. The maximum atomic E-state index is 4.57. The summed E-state index contributed by atoms with van der Waals surface area (Å²) >= 11 is 0. The molecule has 0 amide bonds. The third-order valence-electron chi connectivity index (χ3n) is 4.36. The molecule has 2 heterocycles. The smallest absolute Gasteiger partial charge is 0.0710 e. The minimum atomic E-state index is 0. The Morgan fingerprint density at radius 2 is 2.05 bits per heavy atom. The van der Waals surface area contributed by atoms with Crippen molar-refractivity contribution in [3.63, 3.8) is 0 Å². The van der Waals surface area contributed by atoms with Gasteiger partial charge in [-0.05, 0) is 48.4 Å². The topological polar surface area (TPSA) is 17.3 Å². The average Bonchev–Trinajstić information content (AvgIpc) is 2.76. The third-order valence-corrected chi connectivity index (χ3v) is 4.36. The van der Waals surface area contributed by atoms with E-state index in [1.54, 1.807) is 0 Å². The summed E-state index contributed by atoms with van der Waals surface area (Å²) in [6.07, 6.45) is 7.57. The molecule has 0 radical (unpaired) electrons. The number of benzene rings is 1. The van der Waals surface area contributed by atoms with Gasteiger partial charge in [0.15, 0.2) is 0 Å². The van der Waals surface area contributed by atoms with Gasteiger partial charge >= 0.3 is 0 Å². The van der Waals surface area contributed by atoms with Crippen molar-refractivity contribution in [1.82, 2.24) is 9.38 Å². The van der Waals surface area contributed by atoms with Crippen molar-refractivity contribution in [3.05, 3.63) is 47.4 Å². The molecule has 0 saturated heterocycles. The van der Waals surface area contributed by atoms with Crippen molar-refractivity contribution in [2.75, 3.05) is 0 Å². The van der Waals surface area contributed by atoms with Gasteiger partial charge < -0.3 is 4.40 Å². The van der Waals surface area contributed by atoms with E-state index in [9.17, 15) is 0 Å². The molecular formula is C17H19ClN2. The zero-order chi connectivity index (χ0) is 13.0. The maximum absolute atomic E-state index is 4.57. The minimum absolute atomic E-state index is 0. The average molecular weight is 287 g/mol. The first-order chi connectivity index (χ1) is 9.25. The molecule has 1 aliphatic rings. The van der Waals surface area contributed by atoms with Crippen LogP contribution in [0.4, 0.5) is 0 Å². The summed E-state index contributed by atoms with van der Waals surface area (Å²) in [5.74, 6) is 0.584. The van der Waals surface area contributed by atoms with Crippen LogP contribution in [-0.4, -0.2) is 9.38 Å². The second-order valence-electron chi connectivity index (χ2n) is 5.86. The lowest BCUT2D eigenvalue weighted by Crippen LogP contribution is -2.03. The van der Waals surface area contributed by atoms with Gasteiger partial charge in [0.05, 0.1) is 16.7 Å². The molecule has 1 aromatic carbocycles. The van der Waals surface area contributed by atoms with Crippen LogP contribution in [0, 0.1) is 0 Å². The summed E-state index contributed by atoms with van der Waals surface area (Å²) in [4.78, 5) is 4.57. The second-order valence-corrected chi connectivity index (χ2v) is 5.86. The molecule has 0 bridgehead atoms. The van der Waals surface area contributed by atoms with E-state index in [1.165, 1.54) is 46.1 Å². The van der Waals surface area contributed by atoms with Crippen molar-refractivity contribution in [2.24, 2.45) is 0 Å². The number of hydrogen-bond acceptors (Lipinski definition) is 1.